The molecule has 0 unspecified atom stereocenters. The van der Waals surface area contributed by atoms with Crippen molar-refractivity contribution in [2.45, 2.75) is 44.9 Å². The number of nitrogens with zero attached hydrogens (tertiary/aromatic N) is 2. The predicted molar refractivity (Wildman–Crippen MR) is 204 cm³/mol. The van der Waals surface area contributed by atoms with Gasteiger partial charge in [0.1, 0.15) is 16.5 Å². The average Bonchev–Trinajstić information content (AvgIpc) is 3.09. The second-order valence-corrected chi connectivity index (χ2v) is 15.9. The first-order valence-corrected chi connectivity index (χ1v) is 18.8. The van der Waals surface area contributed by atoms with Crippen LogP contribution in [0.4, 0.5) is 10.1 Å². The SMILES string of the molecule is CC(C)COc1ccc(CN(Cc2ccc(C(=O)N(Cc3ccc(F)cc3)Cc3cc(N)cc(Cl)c3)cc2)S(=O)(=O)c2cc(Cl)cc(Cl)c2O)cc1. The van der Waals surface area contributed by atoms with Gasteiger partial charge in [-0.05, 0) is 94.9 Å². The van der Waals surface area contributed by atoms with E-state index in [1.54, 1.807) is 83.8 Å². The molecule has 0 aliphatic carbocycles. The maximum atomic E-state index is 14.1. The quantitative estimate of drug-likeness (QED) is 0.109. The molecule has 0 radical (unpaired) electrons. The number of ether oxygens (including phenoxy) is 1. The van der Waals surface area contributed by atoms with Gasteiger partial charge >= 0.3 is 0 Å². The zero-order valence-electron chi connectivity index (χ0n) is 28.4. The summed E-state index contributed by atoms with van der Waals surface area (Å²) in [6, 6.07) is 27.0. The van der Waals surface area contributed by atoms with E-state index in [9.17, 15) is 22.7 Å². The van der Waals surface area contributed by atoms with E-state index in [1.165, 1.54) is 22.5 Å². The van der Waals surface area contributed by atoms with Crippen LogP contribution in [0.2, 0.25) is 15.1 Å². The summed E-state index contributed by atoms with van der Waals surface area (Å²) in [4.78, 5) is 15.1. The average molecular weight is 785 g/mol. The van der Waals surface area contributed by atoms with Crippen molar-refractivity contribution in [3.05, 3.63) is 152 Å². The Morgan fingerprint density at radius 1 is 0.769 bits per heavy atom. The van der Waals surface area contributed by atoms with Gasteiger partial charge in [0.2, 0.25) is 10.0 Å². The first kappa shape index (κ1) is 38.9. The molecule has 0 aliphatic heterocycles. The smallest absolute Gasteiger partial charge is 0.254 e. The normalized spacial score (nSPS) is 11.6. The van der Waals surface area contributed by atoms with Gasteiger partial charge in [0, 0.05) is 47.5 Å². The number of carbonyl (C=O) groups excluding carboxylic acids is 1. The lowest BCUT2D eigenvalue weighted by Gasteiger charge is -2.25. The zero-order valence-corrected chi connectivity index (χ0v) is 31.5. The minimum atomic E-state index is -4.36. The number of benzene rings is 5. The standard InChI is InChI=1S/C39H37Cl3FN3O5S/c1-25(2)24-51-35-13-7-28(8-14-35)23-46(52(49,50)37-19-32(41)18-36(42)38(37)47)22-27-3-9-30(10-4-27)39(48)45(20-26-5-11-33(43)12-6-26)21-29-15-31(40)17-34(44)16-29/h3-19,25,47H,20-24,44H2,1-2H3. The van der Waals surface area contributed by atoms with Crippen molar-refractivity contribution in [3.63, 3.8) is 0 Å². The number of nitrogens with two attached hydrogens (primary N) is 1. The number of phenols is 1. The molecule has 5 rings (SSSR count). The van der Waals surface area contributed by atoms with Crippen LogP contribution in [0.1, 0.15) is 46.5 Å². The highest BCUT2D eigenvalue weighted by molar-refractivity contribution is 7.89. The number of halogens is 4. The number of amides is 1. The molecule has 0 saturated heterocycles. The Kier molecular flexibility index (Phi) is 12.7. The third-order valence-corrected chi connectivity index (χ3v) is 10.5. The van der Waals surface area contributed by atoms with Gasteiger partial charge in [0.25, 0.3) is 5.91 Å². The Morgan fingerprint density at radius 3 is 1.90 bits per heavy atom. The molecule has 0 saturated carbocycles. The Balaban J connectivity index is 1.43. The molecule has 0 bridgehead atoms. The third kappa shape index (κ3) is 10.2. The maximum absolute atomic E-state index is 14.1. The minimum absolute atomic E-state index is 0.0431. The van der Waals surface area contributed by atoms with E-state index < -0.39 is 26.5 Å². The number of hydrogen-bond acceptors (Lipinski definition) is 6. The first-order valence-electron chi connectivity index (χ1n) is 16.3. The van der Waals surface area contributed by atoms with E-state index in [-0.39, 0.29) is 42.1 Å². The topological polar surface area (TPSA) is 113 Å². The molecule has 5 aromatic rings. The molecule has 0 heterocycles. The maximum Gasteiger partial charge on any atom is 0.254 e. The number of anilines is 1. The van der Waals surface area contributed by atoms with E-state index in [0.717, 1.165) is 6.07 Å². The highest BCUT2D eigenvalue weighted by atomic mass is 35.5. The van der Waals surface area contributed by atoms with Gasteiger partial charge in [-0.1, -0.05) is 85.0 Å². The molecule has 5 aromatic carbocycles. The lowest BCUT2D eigenvalue weighted by atomic mass is 10.1. The number of phenolic OH excluding ortho intramolecular Hbond substituents is 1. The molecule has 0 atom stereocenters. The van der Waals surface area contributed by atoms with Crippen LogP contribution < -0.4 is 10.5 Å². The van der Waals surface area contributed by atoms with Gasteiger partial charge in [-0.15, -0.1) is 0 Å². The largest absolute Gasteiger partial charge is 0.505 e. The fourth-order valence-electron chi connectivity index (χ4n) is 5.40. The summed E-state index contributed by atoms with van der Waals surface area (Å²) in [5.74, 6) is -0.343. The number of sulfonamides is 1. The van der Waals surface area contributed by atoms with E-state index in [4.69, 9.17) is 45.3 Å². The lowest BCUT2D eigenvalue weighted by molar-refractivity contribution is 0.0730. The van der Waals surface area contributed by atoms with Crippen LogP contribution in [0.3, 0.4) is 0 Å². The Bertz CT molecular complexity index is 2110. The molecule has 0 spiro atoms. The molecular formula is C39H37Cl3FN3O5S. The third-order valence-electron chi connectivity index (χ3n) is 7.96. The summed E-state index contributed by atoms with van der Waals surface area (Å²) in [6.07, 6.45) is 0. The van der Waals surface area contributed by atoms with Gasteiger partial charge in [0.05, 0.1) is 11.6 Å². The molecule has 52 heavy (non-hydrogen) atoms. The zero-order chi connectivity index (χ0) is 37.6. The van der Waals surface area contributed by atoms with E-state index >= 15 is 0 Å². The van der Waals surface area contributed by atoms with E-state index in [1.807, 2.05) is 13.8 Å². The summed E-state index contributed by atoms with van der Waals surface area (Å²) in [5.41, 5.74) is 9.45. The van der Waals surface area contributed by atoms with Crippen LogP contribution in [0.5, 0.6) is 11.5 Å². The van der Waals surface area contributed by atoms with Gasteiger partial charge in [0.15, 0.2) is 5.75 Å². The minimum Gasteiger partial charge on any atom is -0.505 e. The molecule has 0 aromatic heterocycles. The van der Waals surface area contributed by atoms with E-state index in [2.05, 4.69) is 0 Å². The number of rotatable bonds is 14. The van der Waals surface area contributed by atoms with Crippen molar-refractivity contribution in [2.24, 2.45) is 5.92 Å². The fourth-order valence-corrected chi connectivity index (χ4v) is 7.82. The van der Waals surface area contributed by atoms with Crippen molar-refractivity contribution in [1.29, 1.82) is 0 Å². The fraction of sp³-hybridized carbons (Fsp3) is 0.205. The summed E-state index contributed by atoms with van der Waals surface area (Å²) in [7, 11) is -4.36. The van der Waals surface area contributed by atoms with Gasteiger partial charge in [-0.2, -0.15) is 4.31 Å². The first-order chi connectivity index (χ1) is 24.7. The van der Waals surface area contributed by atoms with Crippen LogP contribution in [-0.2, 0) is 36.2 Å². The second kappa shape index (κ2) is 17.0. The highest BCUT2D eigenvalue weighted by Crippen LogP contribution is 2.37. The molecule has 1 amide bonds. The lowest BCUT2D eigenvalue weighted by Crippen LogP contribution is -2.31. The van der Waals surface area contributed by atoms with Crippen molar-refractivity contribution in [3.8, 4) is 11.5 Å². The molecule has 0 fully saturated rings. The molecule has 0 aliphatic rings. The Labute approximate surface area is 318 Å². The van der Waals surface area contributed by atoms with Crippen LogP contribution in [0, 0.1) is 11.7 Å². The number of hydrogen-bond donors (Lipinski definition) is 2. The van der Waals surface area contributed by atoms with Crippen LogP contribution in [0.15, 0.2) is 108 Å². The predicted octanol–water partition coefficient (Wildman–Crippen LogP) is 9.34. The molecule has 3 N–H and O–H groups in total. The number of carbonyl (C=O) groups is 1. The molecule has 13 heteroatoms. The molecular weight excluding hydrogens is 748 g/mol. The van der Waals surface area contributed by atoms with Crippen LogP contribution in [0.25, 0.3) is 0 Å². The van der Waals surface area contributed by atoms with Crippen LogP contribution in [-0.4, -0.2) is 35.2 Å². The van der Waals surface area contributed by atoms with Crippen molar-refractivity contribution < 1.29 is 27.4 Å². The summed E-state index contributed by atoms with van der Waals surface area (Å²) in [6.45, 7) is 4.77. The number of aromatic hydroxyl groups is 1. The summed E-state index contributed by atoms with van der Waals surface area (Å²) < 4.78 is 48.8. The second-order valence-electron chi connectivity index (χ2n) is 12.7. The summed E-state index contributed by atoms with van der Waals surface area (Å²) in [5, 5.41) is 11.0. The van der Waals surface area contributed by atoms with Gasteiger partial charge < -0.3 is 20.5 Å². The van der Waals surface area contributed by atoms with Gasteiger partial charge in [-0.25, -0.2) is 12.8 Å². The molecule has 8 nitrogen and oxygen atoms in total. The van der Waals surface area contributed by atoms with Crippen LogP contribution >= 0.6 is 34.8 Å². The van der Waals surface area contributed by atoms with Crippen molar-refractivity contribution in [2.75, 3.05) is 12.3 Å². The Hall–Kier alpha value is -4.32. The molecule has 272 valence electrons. The number of nitrogen functional groups attached to an aromatic ring is 1. The highest BCUT2D eigenvalue weighted by Gasteiger charge is 2.30. The monoisotopic (exact) mass is 783 g/mol. The van der Waals surface area contributed by atoms with E-state index in [0.29, 0.717) is 56.8 Å². The van der Waals surface area contributed by atoms with Gasteiger partial charge in [-0.3, -0.25) is 4.79 Å². The summed E-state index contributed by atoms with van der Waals surface area (Å²) >= 11 is 18.5. The Morgan fingerprint density at radius 2 is 1.31 bits per heavy atom. The van der Waals surface area contributed by atoms with Crippen molar-refractivity contribution in [1.82, 2.24) is 9.21 Å². The van der Waals surface area contributed by atoms with Crippen molar-refractivity contribution >= 4 is 56.4 Å².